The summed E-state index contributed by atoms with van der Waals surface area (Å²) in [5.74, 6) is 0. The molecule has 1 aromatic carbocycles. The molecule has 0 heterocycles. The lowest BCUT2D eigenvalue weighted by Crippen LogP contribution is -2.36. The van der Waals surface area contributed by atoms with Crippen molar-refractivity contribution in [3.05, 3.63) is 28.3 Å². The lowest BCUT2D eigenvalue weighted by molar-refractivity contribution is -0.387. The highest BCUT2D eigenvalue weighted by atomic mass is 32.2. The molecule has 1 aromatic rings. The maximum Gasteiger partial charge on any atom is 0.289 e. The summed E-state index contributed by atoms with van der Waals surface area (Å²) >= 11 is 0. The van der Waals surface area contributed by atoms with Gasteiger partial charge in [-0.3, -0.25) is 10.1 Å². The molecular weight excluding hydrogens is 302 g/mol. The van der Waals surface area contributed by atoms with E-state index in [2.05, 4.69) is 0 Å². The summed E-state index contributed by atoms with van der Waals surface area (Å²) in [7, 11) is -1.58. The third kappa shape index (κ3) is 4.11. The molecule has 0 aliphatic rings. The Labute approximate surface area is 122 Å². The van der Waals surface area contributed by atoms with Crippen LogP contribution in [0, 0.1) is 10.1 Å². The molecule has 0 aliphatic heterocycles. The van der Waals surface area contributed by atoms with Gasteiger partial charge >= 0.3 is 0 Å². The van der Waals surface area contributed by atoms with Crippen molar-refractivity contribution in [2.75, 3.05) is 33.0 Å². The van der Waals surface area contributed by atoms with Crippen molar-refractivity contribution in [2.45, 2.75) is 11.0 Å². The van der Waals surface area contributed by atoms with E-state index in [1.807, 2.05) is 0 Å². The predicted molar refractivity (Wildman–Crippen MR) is 75.2 cm³/mol. The zero-order valence-corrected chi connectivity index (χ0v) is 12.4. The van der Waals surface area contributed by atoms with Crippen LogP contribution in [0.25, 0.3) is 0 Å². The Morgan fingerprint density at radius 3 is 2.67 bits per heavy atom. The minimum Gasteiger partial charge on any atom is -0.399 e. The van der Waals surface area contributed by atoms with Gasteiger partial charge in [-0.15, -0.1) is 0 Å². The number of nitrogen functional groups attached to an aromatic ring is 1. The Bertz CT molecular complexity index is 618. The topological polar surface area (TPSA) is 136 Å². The average molecular weight is 319 g/mol. The first kappa shape index (κ1) is 17.3. The lowest BCUT2D eigenvalue weighted by atomic mass is 10.3. The summed E-state index contributed by atoms with van der Waals surface area (Å²) in [5.41, 5.74) is 5.01. The van der Waals surface area contributed by atoms with Gasteiger partial charge < -0.3 is 15.6 Å². The van der Waals surface area contributed by atoms with Crippen LogP contribution in [-0.2, 0) is 14.8 Å². The van der Waals surface area contributed by atoms with Gasteiger partial charge in [-0.2, -0.15) is 4.31 Å². The molecule has 1 unspecified atom stereocenters. The highest BCUT2D eigenvalue weighted by molar-refractivity contribution is 7.89. The second-order valence-electron chi connectivity index (χ2n) is 4.38. The molecule has 0 aromatic heterocycles. The van der Waals surface area contributed by atoms with E-state index >= 15 is 0 Å². The molecule has 0 aliphatic carbocycles. The van der Waals surface area contributed by atoms with Crippen molar-refractivity contribution in [3.8, 4) is 0 Å². The quantitative estimate of drug-likeness (QED) is 0.403. The zero-order chi connectivity index (χ0) is 16.2. The van der Waals surface area contributed by atoms with Gasteiger partial charge in [0.2, 0.25) is 10.0 Å². The molecule has 0 saturated heterocycles. The number of sulfonamides is 1. The molecule has 21 heavy (non-hydrogen) atoms. The molecule has 0 spiro atoms. The first-order valence-electron chi connectivity index (χ1n) is 5.87. The van der Waals surface area contributed by atoms with E-state index in [4.69, 9.17) is 10.5 Å². The van der Waals surface area contributed by atoms with Crippen LogP contribution in [0.4, 0.5) is 11.4 Å². The van der Waals surface area contributed by atoms with Crippen molar-refractivity contribution in [3.63, 3.8) is 0 Å². The Hall–Kier alpha value is -1.75. The van der Waals surface area contributed by atoms with Crippen molar-refractivity contribution in [2.24, 2.45) is 0 Å². The first-order valence-corrected chi connectivity index (χ1v) is 7.31. The fourth-order valence-electron chi connectivity index (χ4n) is 1.70. The van der Waals surface area contributed by atoms with E-state index in [-0.39, 0.29) is 18.8 Å². The third-order valence-corrected chi connectivity index (χ3v) is 4.55. The van der Waals surface area contributed by atoms with Gasteiger partial charge in [0.25, 0.3) is 5.69 Å². The van der Waals surface area contributed by atoms with Crippen LogP contribution in [0.1, 0.15) is 0 Å². The smallest absolute Gasteiger partial charge is 0.289 e. The Morgan fingerprint density at radius 2 is 2.14 bits per heavy atom. The van der Waals surface area contributed by atoms with Gasteiger partial charge in [0.05, 0.1) is 17.6 Å². The van der Waals surface area contributed by atoms with Gasteiger partial charge in [-0.1, -0.05) is 0 Å². The van der Waals surface area contributed by atoms with E-state index < -0.39 is 31.6 Å². The van der Waals surface area contributed by atoms with Crippen molar-refractivity contribution >= 4 is 21.4 Å². The number of anilines is 1. The van der Waals surface area contributed by atoms with Gasteiger partial charge in [-0.05, 0) is 12.1 Å². The minimum atomic E-state index is -4.15. The zero-order valence-electron chi connectivity index (χ0n) is 11.6. The molecule has 118 valence electrons. The number of nitro benzene ring substituents is 1. The number of nitro groups is 1. The average Bonchev–Trinajstić information content (AvgIpc) is 2.38. The molecule has 0 saturated carbocycles. The van der Waals surface area contributed by atoms with E-state index in [9.17, 15) is 23.6 Å². The van der Waals surface area contributed by atoms with E-state index in [0.29, 0.717) is 0 Å². The molecule has 0 amide bonds. The number of hydrogen-bond donors (Lipinski definition) is 2. The molecule has 9 nitrogen and oxygen atoms in total. The summed E-state index contributed by atoms with van der Waals surface area (Å²) in [6.07, 6.45) is -1.05. The number of nitrogens with zero attached hydrogens (tertiary/aromatic N) is 2. The number of likely N-dealkylation sites (N-methyl/N-ethyl adjacent to an activating group) is 1. The molecule has 0 radical (unpaired) electrons. The van der Waals surface area contributed by atoms with Crippen molar-refractivity contribution < 1.29 is 23.2 Å². The lowest BCUT2D eigenvalue weighted by Gasteiger charge is -2.20. The van der Waals surface area contributed by atoms with Crippen LogP contribution in [0.2, 0.25) is 0 Å². The van der Waals surface area contributed by atoms with Crippen LogP contribution >= 0.6 is 0 Å². The number of nitrogens with two attached hydrogens (primary N) is 1. The number of hydrogen-bond acceptors (Lipinski definition) is 7. The van der Waals surface area contributed by atoms with Crippen molar-refractivity contribution in [1.82, 2.24) is 4.31 Å². The largest absolute Gasteiger partial charge is 0.399 e. The SMILES string of the molecule is COCC(O)CN(C)S(=O)(=O)c1cc(N)ccc1[N+](=O)[O-]. The van der Waals surface area contributed by atoms with Crippen LogP contribution in [0.5, 0.6) is 0 Å². The van der Waals surface area contributed by atoms with Crippen molar-refractivity contribution in [1.29, 1.82) is 0 Å². The summed E-state index contributed by atoms with van der Waals surface area (Å²) in [4.78, 5) is 9.63. The molecule has 0 bridgehead atoms. The first-order chi connectivity index (χ1) is 9.70. The van der Waals surface area contributed by atoms with Crippen LogP contribution < -0.4 is 5.73 Å². The molecule has 0 fully saturated rings. The second-order valence-corrected chi connectivity index (χ2v) is 6.39. The number of aliphatic hydroxyl groups excluding tert-OH is 1. The van der Waals surface area contributed by atoms with Crippen LogP contribution in [-0.4, -0.2) is 56.2 Å². The highest BCUT2D eigenvalue weighted by Crippen LogP contribution is 2.28. The standard InChI is InChI=1S/C11H17N3O6S/c1-13(6-9(15)7-20-2)21(18,19)11-5-8(12)3-4-10(11)14(16)17/h3-5,9,15H,6-7,12H2,1-2H3. The van der Waals surface area contributed by atoms with E-state index in [0.717, 1.165) is 16.4 Å². The Kier molecular flexibility index (Phi) is 5.61. The van der Waals surface area contributed by atoms with Crippen LogP contribution in [0.15, 0.2) is 23.1 Å². The Balaban J connectivity index is 3.18. The molecule has 1 atom stereocenters. The molecule has 3 N–H and O–H groups in total. The maximum absolute atomic E-state index is 12.4. The Morgan fingerprint density at radius 1 is 1.52 bits per heavy atom. The molecular formula is C11H17N3O6S. The summed E-state index contributed by atoms with van der Waals surface area (Å²) in [6.45, 7) is -0.318. The summed E-state index contributed by atoms with van der Waals surface area (Å²) in [6, 6.07) is 3.30. The molecule has 10 heteroatoms. The second kappa shape index (κ2) is 6.80. The summed E-state index contributed by atoms with van der Waals surface area (Å²) in [5, 5.41) is 20.5. The molecule has 1 rings (SSSR count). The maximum atomic E-state index is 12.4. The fourth-order valence-corrected chi connectivity index (χ4v) is 3.09. The number of aliphatic hydroxyl groups is 1. The normalized spacial score (nSPS) is 13.3. The van der Waals surface area contributed by atoms with Gasteiger partial charge in [0.15, 0.2) is 4.90 Å². The number of methoxy groups -OCH3 is 1. The number of ether oxygens (including phenoxy) is 1. The third-order valence-electron chi connectivity index (χ3n) is 2.70. The van der Waals surface area contributed by atoms with E-state index in [1.165, 1.54) is 20.2 Å². The number of rotatable bonds is 7. The highest BCUT2D eigenvalue weighted by Gasteiger charge is 2.30. The minimum absolute atomic E-state index is 0.0567. The van der Waals surface area contributed by atoms with E-state index in [1.54, 1.807) is 0 Å². The predicted octanol–water partition coefficient (Wildman–Crippen LogP) is -0.195. The summed E-state index contributed by atoms with van der Waals surface area (Å²) < 4.78 is 30.2. The van der Waals surface area contributed by atoms with Gasteiger partial charge in [-0.25, -0.2) is 8.42 Å². The van der Waals surface area contributed by atoms with Crippen LogP contribution in [0.3, 0.4) is 0 Å². The monoisotopic (exact) mass is 319 g/mol. The van der Waals surface area contributed by atoms with Gasteiger partial charge in [0, 0.05) is 32.5 Å². The fraction of sp³-hybridized carbons (Fsp3) is 0.455. The number of benzene rings is 1. The van der Waals surface area contributed by atoms with Gasteiger partial charge in [0.1, 0.15) is 0 Å².